The molecule has 3 atom stereocenters. The fourth-order valence-electron chi connectivity index (χ4n) is 5.12. The van der Waals surface area contributed by atoms with Crippen LogP contribution in [0.4, 0.5) is 5.69 Å². The minimum atomic E-state index is 0.515. The standard InChI is InChI=1S/C28H40N4O/c1-22-8-5-6-17-32(22)28(30-20-25-12-7-11-24(18-25)19-29)31-26-13-15-27(16-14-26)33-21-23-9-3-2-4-10-23/h2-4,9-10,13-16,22,24-25H,5-8,11-12,17-21,29H2,1H3,(H,30,31). The summed E-state index contributed by atoms with van der Waals surface area (Å²) in [5.41, 5.74) is 8.19. The van der Waals surface area contributed by atoms with E-state index in [1.165, 1.54) is 50.5 Å². The minimum absolute atomic E-state index is 0.515. The van der Waals surface area contributed by atoms with E-state index in [1.54, 1.807) is 0 Å². The lowest BCUT2D eigenvalue weighted by molar-refractivity contribution is 0.253. The number of anilines is 1. The molecule has 1 aliphatic heterocycles. The molecule has 178 valence electrons. The van der Waals surface area contributed by atoms with Crippen LogP contribution in [0.1, 0.15) is 57.4 Å². The fraction of sp³-hybridized carbons (Fsp3) is 0.536. The zero-order valence-electron chi connectivity index (χ0n) is 20.1. The van der Waals surface area contributed by atoms with E-state index >= 15 is 0 Å². The molecule has 33 heavy (non-hydrogen) atoms. The number of hydrogen-bond donors (Lipinski definition) is 2. The van der Waals surface area contributed by atoms with Crippen molar-refractivity contribution >= 4 is 11.6 Å². The average Bonchev–Trinajstić information content (AvgIpc) is 2.87. The van der Waals surface area contributed by atoms with Gasteiger partial charge in [0.15, 0.2) is 5.96 Å². The molecule has 4 rings (SSSR count). The zero-order chi connectivity index (χ0) is 22.9. The van der Waals surface area contributed by atoms with E-state index in [-0.39, 0.29) is 0 Å². The van der Waals surface area contributed by atoms with Crippen molar-refractivity contribution in [3.63, 3.8) is 0 Å². The zero-order valence-corrected chi connectivity index (χ0v) is 20.1. The second-order valence-corrected chi connectivity index (χ2v) is 9.76. The highest BCUT2D eigenvalue weighted by molar-refractivity contribution is 5.94. The number of nitrogens with zero attached hydrogens (tertiary/aromatic N) is 2. The highest BCUT2D eigenvalue weighted by Crippen LogP contribution is 2.29. The first-order valence-electron chi connectivity index (χ1n) is 12.8. The van der Waals surface area contributed by atoms with Crippen LogP contribution in [-0.2, 0) is 6.61 Å². The van der Waals surface area contributed by atoms with E-state index in [0.29, 0.717) is 24.5 Å². The number of nitrogens with one attached hydrogen (secondary N) is 1. The monoisotopic (exact) mass is 448 g/mol. The number of guanidine groups is 1. The van der Waals surface area contributed by atoms with Gasteiger partial charge in [0.2, 0.25) is 0 Å². The first kappa shape index (κ1) is 23.6. The Labute approximate surface area is 199 Å². The Morgan fingerprint density at radius 3 is 2.55 bits per heavy atom. The number of hydrogen-bond acceptors (Lipinski definition) is 3. The molecule has 5 heteroatoms. The van der Waals surface area contributed by atoms with E-state index in [9.17, 15) is 0 Å². The molecule has 1 aliphatic carbocycles. The molecule has 3 unspecified atom stereocenters. The maximum Gasteiger partial charge on any atom is 0.198 e. The van der Waals surface area contributed by atoms with Crippen molar-refractivity contribution in [1.29, 1.82) is 0 Å². The number of benzene rings is 2. The van der Waals surface area contributed by atoms with Crippen LogP contribution in [0.5, 0.6) is 5.75 Å². The molecule has 1 saturated carbocycles. The number of rotatable bonds is 7. The van der Waals surface area contributed by atoms with Gasteiger partial charge in [0.1, 0.15) is 12.4 Å². The molecular formula is C28H40N4O. The third-order valence-electron chi connectivity index (χ3n) is 7.16. The Morgan fingerprint density at radius 1 is 1.00 bits per heavy atom. The van der Waals surface area contributed by atoms with Gasteiger partial charge < -0.3 is 20.7 Å². The van der Waals surface area contributed by atoms with E-state index < -0.39 is 0 Å². The fourth-order valence-corrected chi connectivity index (χ4v) is 5.12. The molecule has 3 N–H and O–H groups in total. The molecule has 0 bridgehead atoms. The predicted molar refractivity (Wildman–Crippen MR) is 138 cm³/mol. The van der Waals surface area contributed by atoms with Crippen molar-refractivity contribution < 1.29 is 4.74 Å². The second-order valence-electron chi connectivity index (χ2n) is 9.76. The van der Waals surface area contributed by atoms with Gasteiger partial charge >= 0.3 is 0 Å². The third kappa shape index (κ3) is 6.97. The molecular weight excluding hydrogens is 408 g/mol. The number of nitrogens with two attached hydrogens (primary N) is 1. The van der Waals surface area contributed by atoms with E-state index in [0.717, 1.165) is 37.0 Å². The molecule has 2 aliphatic rings. The van der Waals surface area contributed by atoms with Gasteiger partial charge in [0.05, 0.1) is 0 Å². The summed E-state index contributed by atoms with van der Waals surface area (Å²) >= 11 is 0. The molecule has 0 amide bonds. The van der Waals surface area contributed by atoms with Crippen LogP contribution in [0.3, 0.4) is 0 Å². The van der Waals surface area contributed by atoms with Gasteiger partial charge in [-0.2, -0.15) is 0 Å². The maximum absolute atomic E-state index is 5.96. The van der Waals surface area contributed by atoms with Gasteiger partial charge in [-0.05, 0) is 93.7 Å². The summed E-state index contributed by atoms with van der Waals surface area (Å²) in [7, 11) is 0. The first-order chi connectivity index (χ1) is 16.2. The Hall–Kier alpha value is -2.53. The molecule has 2 fully saturated rings. The number of piperidine rings is 1. The highest BCUT2D eigenvalue weighted by atomic mass is 16.5. The summed E-state index contributed by atoms with van der Waals surface area (Å²) in [6, 6.07) is 19.0. The topological polar surface area (TPSA) is 62.9 Å². The minimum Gasteiger partial charge on any atom is -0.489 e. The Morgan fingerprint density at radius 2 is 1.79 bits per heavy atom. The Kier molecular flexibility index (Phi) is 8.65. The summed E-state index contributed by atoms with van der Waals surface area (Å²) < 4.78 is 5.95. The molecule has 2 aromatic carbocycles. The smallest absolute Gasteiger partial charge is 0.198 e. The van der Waals surface area contributed by atoms with Crippen LogP contribution in [0.15, 0.2) is 59.6 Å². The van der Waals surface area contributed by atoms with Crippen molar-refractivity contribution in [2.75, 3.05) is 25.0 Å². The van der Waals surface area contributed by atoms with Crippen LogP contribution >= 0.6 is 0 Å². The van der Waals surface area contributed by atoms with Crippen molar-refractivity contribution in [2.24, 2.45) is 22.6 Å². The second kappa shape index (κ2) is 12.1. The Bertz CT molecular complexity index is 867. The average molecular weight is 449 g/mol. The van der Waals surface area contributed by atoms with Crippen molar-refractivity contribution in [1.82, 2.24) is 4.90 Å². The van der Waals surface area contributed by atoms with E-state index in [1.807, 2.05) is 30.3 Å². The van der Waals surface area contributed by atoms with E-state index in [2.05, 4.69) is 41.4 Å². The summed E-state index contributed by atoms with van der Waals surface area (Å²) in [4.78, 5) is 7.61. The lowest BCUT2D eigenvalue weighted by atomic mass is 9.81. The van der Waals surface area contributed by atoms with Gasteiger partial charge in [-0.25, -0.2) is 0 Å². The normalized spacial score (nSPS) is 23.9. The molecule has 1 heterocycles. The summed E-state index contributed by atoms with van der Waals surface area (Å²) in [6.07, 6.45) is 8.83. The molecule has 5 nitrogen and oxygen atoms in total. The predicted octanol–water partition coefficient (Wildman–Crippen LogP) is 5.67. The van der Waals surface area contributed by atoms with Crippen LogP contribution in [0, 0.1) is 11.8 Å². The lowest BCUT2D eigenvalue weighted by Gasteiger charge is -2.36. The van der Waals surface area contributed by atoms with Crippen molar-refractivity contribution in [2.45, 2.75) is 64.5 Å². The van der Waals surface area contributed by atoms with E-state index in [4.69, 9.17) is 15.5 Å². The third-order valence-corrected chi connectivity index (χ3v) is 7.16. The maximum atomic E-state index is 5.96. The van der Waals surface area contributed by atoms with Crippen LogP contribution in [0.25, 0.3) is 0 Å². The Balaban J connectivity index is 1.40. The summed E-state index contributed by atoms with van der Waals surface area (Å²) in [6.45, 7) is 5.67. The van der Waals surface area contributed by atoms with Crippen LogP contribution in [0.2, 0.25) is 0 Å². The molecule has 0 spiro atoms. The molecule has 0 aromatic heterocycles. The lowest BCUT2D eigenvalue weighted by Crippen LogP contribution is -2.45. The van der Waals surface area contributed by atoms with Crippen molar-refractivity contribution in [3.05, 3.63) is 60.2 Å². The van der Waals surface area contributed by atoms with Gasteiger partial charge in [0, 0.05) is 24.8 Å². The number of ether oxygens (including phenoxy) is 1. The molecule has 2 aromatic rings. The highest BCUT2D eigenvalue weighted by Gasteiger charge is 2.24. The SMILES string of the molecule is CC1CCCCN1C(=NCC1CCCC(CN)C1)Nc1ccc(OCc2ccccc2)cc1. The quantitative estimate of drug-likeness (QED) is 0.423. The summed E-state index contributed by atoms with van der Waals surface area (Å²) in [5, 5.41) is 3.64. The molecule has 1 saturated heterocycles. The van der Waals surface area contributed by atoms with Gasteiger partial charge in [-0.15, -0.1) is 0 Å². The van der Waals surface area contributed by atoms with Crippen LogP contribution < -0.4 is 15.8 Å². The van der Waals surface area contributed by atoms with Gasteiger partial charge in [-0.1, -0.05) is 36.8 Å². The van der Waals surface area contributed by atoms with Crippen LogP contribution in [-0.4, -0.2) is 36.5 Å². The van der Waals surface area contributed by atoms with Gasteiger partial charge in [0.25, 0.3) is 0 Å². The summed E-state index contributed by atoms with van der Waals surface area (Å²) in [5.74, 6) is 3.23. The van der Waals surface area contributed by atoms with Gasteiger partial charge in [-0.3, -0.25) is 4.99 Å². The molecule has 0 radical (unpaired) electrons. The van der Waals surface area contributed by atoms with Crippen molar-refractivity contribution in [3.8, 4) is 5.75 Å². The largest absolute Gasteiger partial charge is 0.489 e. The first-order valence-corrected chi connectivity index (χ1v) is 12.8. The number of likely N-dealkylation sites (tertiary alicyclic amines) is 1. The number of aliphatic imine (C=N–C) groups is 1.